The number of anilines is 1. The first kappa shape index (κ1) is 29.8. The molecule has 1 aliphatic carbocycles. The maximum Gasteiger partial charge on any atom is 0.248 e. The highest BCUT2D eigenvalue weighted by molar-refractivity contribution is 5.77. The third-order valence-corrected chi connectivity index (χ3v) is 8.56. The van der Waals surface area contributed by atoms with E-state index in [2.05, 4.69) is 47.4 Å². The van der Waals surface area contributed by atoms with Crippen LogP contribution >= 0.6 is 0 Å². The minimum absolute atomic E-state index is 0.00555. The van der Waals surface area contributed by atoms with E-state index in [0.29, 0.717) is 19.8 Å². The summed E-state index contributed by atoms with van der Waals surface area (Å²) in [6.45, 7) is 6.19. The topological polar surface area (TPSA) is 69.7 Å². The molecular formula is C33H46N2O6. The molecule has 0 spiro atoms. The average Bonchev–Trinajstić information content (AvgIpc) is 3.55. The summed E-state index contributed by atoms with van der Waals surface area (Å²) >= 11 is 0. The van der Waals surface area contributed by atoms with Gasteiger partial charge in [-0.05, 0) is 67.3 Å². The van der Waals surface area contributed by atoms with E-state index in [9.17, 15) is 4.79 Å². The molecule has 3 atom stereocenters. The summed E-state index contributed by atoms with van der Waals surface area (Å²) in [5.74, 6) is 1.09. The zero-order valence-corrected chi connectivity index (χ0v) is 24.7. The molecular weight excluding hydrogens is 520 g/mol. The highest BCUT2D eigenvalue weighted by Gasteiger charge is 2.37. The van der Waals surface area contributed by atoms with Crippen LogP contribution in [-0.2, 0) is 37.0 Å². The minimum Gasteiger partial charge on any atom is -0.490 e. The maximum atomic E-state index is 12.8. The van der Waals surface area contributed by atoms with Crippen LogP contribution in [-0.4, -0.2) is 83.2 Å². The van der Waals surface area contributed by atoms with Crippen molar-refractivity contribution < 1.29 is 28.5 Å². The fraction of sp³-hybridized carbons (Fsp3) is 0.606. The molecule has 0 radical (unpaired) electrons. The smallest absolute Gasteiger partial charge is 0.248 e. The van der Waals surface area contributed by atoms with Gasteiger partial charge in [-0.3, -0.25) is 4.79 Å². The van der Waals surface area contributed by atoms with Crippen LogP contribution in [0.25, 0.3) is 0 Å². The van der Waals surface area contributed by atoms with Gasteiger partial charge in [-0.15, -0.1) is 0 Å². The van der Waals surface area contributed by atoms with Crippen molar-refractivity contribution in [3.05, 3.63) is 59.2 Å². The summed E-state index contributed by atoms with van der Waals surface area (Å²) in [5, 5.41) is 0. The largest absolute Gasteiger partial charge is 0.490 e. The average molecular weight is 567 g/mol. The van der Waals surface area contributed by atoms with Gasteiger partial charge >= 0.3 is 0 Å². The zero-order valence-electron chi connectivity index (χ0n) is 24.7. The third kappa shape index (κ3) is 7.80. The van der Waals surface area contributed by atoms with Crippen molar-refractivity contribution in [2.45, 2.75) is 69.9 Å². The van der Waals surface area contributed by atoms with Gasteiger partial charge in [-0.25, -0.2) is 0 Å². The number of ether oxygens (including phenoxy) is 5. The number of methoxy groups -OCH3 is 2. The summed E-state index contributed by atoms with van der Waals surface area (Å²) < 4.78 is 29.6. The Morgan fingerprint density at radius 3 is 2.39 bits per heavy atom. The minimum atomic E-state index is -0.0678. The third-order valence-electron chi connectivity index (χ3n) is 8.56. The molecule has 0 N–H and O–H groups in total. The number of likely N-dealkylation sites (tertiary alicyclic amines) is 1. The Kier molecular flexibility index (Phi) is 10.9. The van der Waals surface area contributed by atoms with Crippen LogP contribution < -0.4 is 9.64 Å². The molecule has 3 aliphatic rings. The van der Waals surface area contributed by atoms with Crippen LogP contribution in [0.1, 0.15) is 61.1 Å². The first-order valence-electron chi connectivity index (χ1n) is 15.2. The number of fused-ring (bicyclic) bond motifs is 1. The molecule has 8 heteroatoms. The Bertz CT molecular complexity index is 1100. The molecule has 2 aliphatic heterocycles. The second-order valence-corrected chi connectivity index (χ2v) is 11.4. The molecule has 2 heterocycles. The molecule has 2 aromatic rings. The lowest BCUT2D eigenvalue weighted by Crippen LogP contribution is -2.40. The van der Waals surface area contributed by atoms with E-state index in [4.69, 9.17) is 23.7 Å². The Labute approximate surface area is 244 Å². The van der Waals surface area contributed by atoms with E-state index in [1.165, 1.54) is 5.56 Å². The van der Waals surface area contributed by atoms with Gasteiger partial charge < -0.3 is 33.5 Å². The molecule has 2 aromatic carbocycles. The van der Waals surface area contributed by atoms with Crippen molar-refractivity contribution in [3.63, 3.8) is 0 Å². The SMILES string of the molecule is COCCCN1CCOc2ccc(CO[C@H]3CCC[C@@H](OCC(=O)N4CCCC4)[C@@H]3c3ccc(COC)cc3)cc21. The first-order chi connectivity index (χ1) is 20.2. The quantitative estimate of drug-likeness (QED) is 0.319. The van der Waals surface area contributed by atoms with Gasteiger partial charge in [-0.1, -0.05) is 30.3 Å². The number of amides is 1. The van der Waals surface area contributed by atoms with E-state index in [0.717, 1.165) is 93.9 Å². The predicted molar refractivity (Wildman–Crippen MR) is 159 cm³/mol. The number of hydrogen-bond donors (Lipinski definition) is 0. The van der Waals surface area contributed by atoms with Gasteiger partial charge in [0.25, 0.3) is 0 Å². The van der Waals surface area contributed by atoms with Crippen LogP contribution in [0.15, 0.2) is 42.5 Å². The van der Waals surface area contributed by atoms with Gasteiger partial charge in [0.15, 0.2) is 0 Å². The zero-order chi connectivity index (χ0) is 28.4. The van der Waals surface area contributed by atoms with E-state index in [1.54, 1.807) is 14.2 Å². The lowest BCUT2D eigenvalue weighted by Gasteiger charge is -2.38. The van der Waals surface area contributed by atoms with Crippen LogP contribution in [0.3, 0.4) is 0 Å². The molecule has 2 fully saturated rings. The van der Waals surface area contributed by atoms with Crippen molar-refractivity contribution in [1.29, 1.82) is 0 Å². The van der Waals surface area contributed by atoms with Crippen LogP contribution in [0.4, 0.5) is 5.69 Å². The fourth-order valence-electron chi connectivity index (χ4n) is 6.40. The molecule has 8 nitrogen and oxygen atoms in total. The second kappa shape index (κ2) is 15.0. The van der Waals surface area contributed by atoms with Gasteiger partial charge in [0.05, 0.1) is 37.7 Å². The highest BCUT2D eigenvalue weighted by Crippen LogP contribution is 2.39. The summed E-state index contributed by atoms with van der Waals surface area (Å²) in [5.41, 5.74) is 4.59. The summed E-state index contributed by atoms with van der Waals surface area (Å²) in [6, 6.07) is 15.0. The Balaban J connectivity index is 1.29. The van der Waals surface area contributed by atoms with Gasteiger partial charge in [0.1, 0.15) is 19.0 Å². The standard InChI is InChI=1S/C33H46N2O6/c1-37-19-6-17-34-18-20-39-29-14-11-26(21-28(29)34)23-40-30-7-5-8-31(41-24-32(36)35-15-3-4-16-35)33(30)27-12-9-25(10-13-27)22-38-2/h9-14,21,30-31,33H,3-8,15-20,22-24H2,1-2H3/t30-,31+,33+/m0/s1. The summed E-state index contributed by atoms with van der Waals surface area (Å²) in [6.07, 6.45) is 5.96. The van der Waals surface area contributed by atoms with Gasteiger partial charge in [0.2, 0.25) is 5.91 Å². The molecule has 0 aromatic heterocycles. The number of nitrogens with zero attached hydrogens (tertiary/aromatic N) is 2. The van der Waals surface area contributed by atoms with E-state index in [1.807, 2.05) is 4.90 Å². The molecule has 1 saturated carbocycles. The maximum absolute atomic E-state index is 12.8. The fourth-order valence-corrected chi connectivity index (χ4v) is 6.40. The summed E-state index contributed by atoms with van der Waals surface area (Å²) in [4.78, 5) is 17.1. The summed E-state index contributed by atoms with van der Waals surface area (Å²) in [7, 11) is 3.46. The molecule has 1 amide bonds. The van der Waals surface area contributed by atoms with E-state index in [-0.39, 0.29) is 30.6 Å². The van der Waals surface area contributed by atoms with E-state index < -0.39 is 0 Å². The van der Waals surface area contributed by atoms with Crippen LogP contribution in [0.2, 0.25) is 0 Å². The molecule has 0 unspecified atom stereocenters. The molecule has 5 rings (SSSR count). The number of rotatable bonds is 13. The highest BCUT2D eigenvalue weighted by atomic mass is 16.5. The molecule has 41 heavy (non-hydrogen) atoms. The molecule has 224 valence electrons. The van der Waals surface area contributed by atoms with Gasteiger partial charge in [0, 0.05) is 46.4 Å². The molecule has 0 bridgehead atoms. The monoisotopic (exact) mass is 566 g/mol. The predicted octanol–water partition coefficient (Wildman–Crippen LogP) is 4.93. The van der Waals surface area contributed by atoms with Crippen LogP contribution in [0.5, 0.6) is 5.75 Å². The Morgan fingerprint density at radius 2 is 1.63 bits per heavy atom. The van der Waals surface area contributed by atoms with Crippen LogP contribution in [0, 0.1) is 0 Å². The number of benzene rings is 2. The van der Waals surface area contributed by atoms with Crippen molar-refractivity contribution >= 4 is 11.6 Å². The lowest BCUT2D eigenvalue weighted by atomic mass is 9.79. The Hall–Kier alpha value is -2.65. The number of hydrogen-bond acceptors (Lipinski definition) is 7. The van der Waals surface area contributed by atoms with E-state index >= 15 is 0 Å². The van der Waals surface area contributed by atoms with Crippen molar-refractivity contribution in [1.82, 2.24) is 4.90 Å². The normalized spacial score (nSPS) is 22.4. The van der Waals surface area contributed by atoms with Crippen molar-refractivity contribution in [3.8, 4) is 5.75 Å². The lowest BCUT2D eigenvalue weighted by molar-refractivity contribution is -0.140. The van der Waals surface area contributed by atoms with Gasteiger partial charge in [-0.2, -0.15) is 0 Å². The van der Waals surface area contributed by atoms with Crippen molar-refractivity contribution in [2.75, 3.05) is 65.1 Å². The number of carbonyl (C=O) groups is 1. The Morgan fingerprint density at radius 1 is 0.878 bits per heavy atom. The number of carbonyl (C=O) groups excluding carboxylic acids is 1. The first-order valence-corrected chi connectivity index (χ1v) is 15.2. The second-order valence-electron chi connectivity index (χ2n) is 11.4. The van der Waals surface area contributed by atoms with Crippen molar-refractivity contribution in [2.24, 2.45) is 0 Å². The molecule has 1 saturated heterocycles.